The molecular formula is C24H26F2N8OSi. The lowest BCUT2D eigenvalue weighted by Gasteiger charge is -2.15. The van der Waals surface area contributed by atoms with Crippen LogP contribution in [0.5, 0.6) is 0 Å². The predicted molar refractivity (Wildman–Crippen MR) is 134 cm³/mol. The first-order chi connectivity index (χ1) is 17.1. The van der Waals surface area contributed by atoms with Gasteiger partial charge in [-0.2, -0.15) is 19.0 Å². The number of nitrogens with zero attached hydrogens (tertiary/aromatic N) is 7. The summed E-state index contributed by atoms with van der Waals surface area (Å²) in [5.41, 5.74) is 2.03. The maximum absolute atomic E-state index is 14.6. The van der Waals surface area contributed by atoms with Crippen molar-refractivity contribution in [2.75, 3.05) is 11.9 Å². The predicted octanol–water partition coefficient (Wildman–Crippen LogP) is 4.95. The molecule has 1 N–H and O–H groups in total. The Morgan fingerprint density at radius 1 is 1.11 bits per heavy atom. The monoisotopic (exact) mass is 508 g/mol. The van der Waals surface area contributed by atoms with E-state index in [0.717, 1.165) is 6.04 Å². The van der Waals surface area contributed by atoms with Crippen LogP contribution in [0.1, 0.15) is 5.56 Å². The number of anilines is 2. The molecule has 12 heteroatoms. The van der Waals surface area contributed by atoms with Crippen molar-refractivity contribution < 1.29 is 13.5 Å². The van der Waals surface area contributed by atoms with E-state index in [0.29, 0.717) is 35.2 Å². The molecule has 0 atom stereocenters. The fraction of sp³-hybridized carbons (Fsp3) is 0.292. The Bertz CT molecular complexity index is 1400. The summed E-state index contributed by atoms with van der Waals surface area (Å²) in [6.45, 7) is 7.52. The molecular weight excluding hydrogens is 482 g/mol. The number of nitrogens with one attached hydrogen (secondary N) is 1. The molecule has 4 rings (SSSR count). The van der Waals surface area contributed by atoms with E-state index in [1.54, 1.807) is 31.4 Å². The molecule has 0 bridgehead atoms. The summed E-state index contributed by atoms with van der Waals surface area (Å²) in [5, 5.41) is 21.0. The molecule has 0 unspecified atom stereocenters. The van der Waals surface area contributed by atoms with Crippen LogP contribution in [0.15, 0.2) is 42.7 Å². The number of aromatic nitrogens is 6. The fourth-order valence-electron chi connectivity index (χ4n) is 3.38. The molecule has 0 amide bonds. The Labute approximate surface area is 208 Å². The quantitative estimate of drug-likeness (QED) is 0.194. The zero-order valence-corrected chi connectivity index (χ0v) is 21.5. The third kappa shape index (κ3) is 5.99. The number of hydrogen-bond acceptors (Lipinski definition) is 7. The van der Waals surface area contributed by atoms with Crippen molar-refractivity contribution in [1.82, 2.24) is 29.5 Å². The molecule has 0 fully saturated rings. The second kappa shape index (κ2) is 10.3. The van der Waals surface area contributed by atoms with E-state index in [2.05, 4.69) is 51.2 Å². The van der Waals surface area contributed by atoms with Crippen LogP contribution in [0.25, 0.3) is 22.5 Å². The Morgan fingerprint density at radius 3 is 2.61 bits per heavy atom. The molecule has 3 heterocycles. The number of hydrogen-bond donors (Lipinski definition) is 1. The molecule has 0 saturated heterocycles. The van der Waals surface area contributed by atoms with E-state index in [1.165, 1.54) is 27.7 Å². The van der Waals surface area contributed by atoms with Gasteiger partial charge in [0.1, 0.15) is 6.73 Å². The van der Waals surface area contributed by atoms with Crippen LogP contribution in [-0.4, -0.2) is 44.2 Å². The van der Waals surface area contributed by atoms with Crippen LogP contribution in [-0.2, 0) is 18.5 Å². The van der Waals surface area contributed by atoms with Crippen molar-refractivity contribution in [2.24, 2.45) is 7.05 Å². The van der Waals surface area contributed by atoms with Gasteiger partial charge in [0, 0.05) is 50.9 Å². The van der Waals surface area contributed by atoms with Crippen molar-refractivity contribution in [2.45, 2.75) is 32.4 Å². The first-order valence-corrected chi connectivity index (χ1v) is 15.0. The summed E-state index contributed by atoms with van der Waals surface area (Å²) in [4.78, 5) is 8.04. The van der Waals surface area contributed by atoms with Gasteiger partial charge in [-0.3, -0.25) is 0 Å². The lowest BCUT2D eigenvalue weighted by atomic mass is 10.0. The summed E-state index contributed by atoms with van der Waals surface area (Å²) in [7, 11) is 0.481. The first-order valence-electron chi connectivity index (χ1n) is 11.3. The van der Waals surface area contributed by atoms with Crippen molar-refractivity contribution in [3.63, 3.8) is 0 Å². The average molecular weight is 509 g/mol. The van der Waals surface area contributed by atoms with E-state index < -0.39 is 20.0 Å². The van der Waals surface area contributed by atoms with Crippen LogP contribution >= 0.6 is 0 Å². The second-order valence-corrected chi connectivity index (χ2v) is 15.1. The number of benzene rings is 1. The standard InChI is InChI=1S/C24H26F2N8OSi/c1-33-24(30-23(32-33)16-5-8-21(25)28-13-16)29-18-6-7-19(17(11-18)12-27)20-14-34(31-22(20)26)15-35-9-10-36(2,3)4/h5-8,11,13-14H,9-10,15H2,1-4H3,(H,29,30,32). The van der Waals surface area contributed by atoms with Crippen LogP contribution in [0.2, 0.25) is 25.7 Å². The normalized spacial score (nSPS) is 11.5. The number of aryl methyl sites for hydroxylation is 1. The number of pyridine rings is 1. The van der Waals surface area contributed by atoms with Crippen molar-refractivity contribution in [3.8, 4) is 28.6 Å². The summed E-state index contributed by atoms with van der Waals surface area (Å²) in [6.07, 6.45) is 2.89. The minimum absolute atomic E-state index is 0.140. The highest BCUT2D eigenvalue weighted by Crippen LogP contribution is 2.29. The van der Waals surface area contributed by atoms with Crippen LogP contribution < -0.4 is 5.32 Å². The molecule has 4 aromatic rings. The number of nitriles is 1. The molecule has 1 aromatic carbocycles. The van der Waals surface area contributed by atoms with Crippen molar-refractivity contribution in [3.05, 3.63) is 60.2 Å². The van der Waals surface area contributed by atoms with Gasteiger partial charge in [-0.05, 0) is 30.3 Å². The average Bonchev–Trinajstić information content (AvgIpc) is 3.38. The largest absolute Gasteiger partial charge is 0.360 e. The van der Waals surface area contributed by atoms with Gasteiger partial charge >= 0.3 is 0 Å². The molecule has 0 aliphatic rings. The van der Waals surface area contributed by atoms with Crippen LogP contribution in [0.4, 0.5) is 20.4 Å². The molecule has 9 nitrogen and oxygen atoms in total. The molecule has 0 spiro atoms. The Hall–Kier alpha value is -3.95. The second-order valence-electron chi connectivity index (χ2n) is 9.47. The highest BCUT2D eigenvalue weighted by Gasteiger charge is 2.17. The summed E-state index contributed by atoms with van der Waals surface area (Å²) in [5.74, 6) is -0.493. The Morgan fingerprint density at radius 2 is 1.92 bits per heavy atom. The van der Waals surface area contributed by atoms with Crippen LogP contribution in [0.3, 0.4) is 0 Å². The highest BCUT2D eigenvalue weighted by atomic mass is 28.3. The third-order valence-electron chi connectivity index (χ3n) is 5.37. The molecule has 0 aliphatic heterocycles. The van der Waals surface area contributed by atoms with E-state index in [-0.39, 0.29) is 17.9 Å². The fourth-order valence-corrected chi connectivity index (χ4v) is 4.14. The van der Waals surface area contributed by atoms with Gasteiger partial charge in [0.2, 0.25) is 17.8 Å². The Balaban J connectivity index is 1.50. The molecule has 0 aliphatic carbocycles. The maximum atomic E-state index is 14.6. The summed E-state index contributed by atoms with van der Waals surface area (Å²) < 4.78 is 36.3. The van der Waals surface area contributed by atoms with Gasteiger partial charge in [-0.1, -0.05) is 25.7 Å². The van der Waals surface area contributed by atoms with Gasteiger partial charge < -0.3 is 10.1 Å². The first kappa shape index (κ1) is 25.1. The lowest BCUT2D eigenvalue weighted by molar-refractivity contribution is 0.0774. The van der Waals surface area contributed by atoms with Gasteiger partial charge in [-0.15, -0.1) is 10.2 Å². The highest BCUT2D eigenvalue weighted by molar-refractivity contribution is 6.76. The van der Waals surface area contributed by atoms with Crippen molar-refractivity contribution >= 4 is 19.7 Å². The summed E-state index contributed by atoms with van der Waals surface area (Å²) >= 11 is 0. The minimum Gasteiger partial charge on any atom is -0.360 e. The van der Waals surface area contributed by atoms with E-state index in [4.69, 9.17) is 4.74 Å². The number of halogens is 2. The molecule has 0 saturated carbocycles. The van der Waals surface area contributed by atoms with Gasteiger partial charge in [0.15, 0.2) is 5.82 Å². The zero-order chi connectivity index (χ0) is 25.9. The van der Waals surface area contributed by atoms with E-state index >= 15 is 0 Å². The van der Waals surface area contributed by atoms with Crippen molar-refractivity contribution in [1.29, 1.82) is 5.26 Å². The molecule has 3 aromatic heterocycles. The lowest BCUT2D eigenvalue weighted by Crippen LogP contribution is -2.22. The SMILES string of the molecule is Cn1nc(-c2ccc(F)nc2)nc1Nc1ccc(-c2cn(COCC[Si](C)(C)C)nc2F)c(C#N)c1. The van der Waals surface area contributed by atoms with E-state index in [1.807, 2.05) is 0 Å². The molecule has 0 radical (unpaired) electrons. The van der Waals surface area contributed by atoms with E-state index in [9.17, 15) is 14.0 Å². The zero-order valence-electron chi connectivity index (χ0n) is 20.5. The number of rotatable bonds is 9. The smallest absolute Gasteiger partial charge is 0.240 e. The molecule has 186 valence electrons. The Kier molecular flexibility index (Phi) is 7.23. The van der Waals surface area contributed by atoms with Gasteiger partial charge in [0.25, 0.3) is 0 Å². The topological polar surface area (TPSA) is 106 Å². The summed E-state index contributed by atoms with van der Waals surface area (Å²) in [6, 6.07) is 10.9. The minimum atomic E-state index is -1.22. The third-order valence-corrected chi connectivity index (χ3v) is 7.08. The van der Waals surface area contributed by atoms with Gasteiger partial charge in [0.05, 0.1) is 17.2 Å². The van der Waals surface area contributed by atoms with Gasteiger partial charge in [-0.25, -0.2) is 14.3 Å². The molecule has 36 heavy (non-hydrogen) atoms. The number of ether oxygens (including phenoxy) is 1. The maximum Gasteiger partial charge on any atom is 0.240 e. The van der Waals surface area contributed by atoms with Crippen LogP contribution in [0, 0.1) is 23.2 Å².